The summed E-state index contributed by atoms with van der Waals surface area (Å²) in [6.45, 7) is 0. The predicted molar refractivity (Wildman–Crippen MR) is 308 cm³/mol. The molecule has 0 spiro atoms. The number of rotatable bonds is 16. The summed E-state index contributed by atoms with van der Waals surface area (Å²) in [6, 6.07) is 58.2. The Hall–Kier alpha value is -11.6. The second-order valence-electron chi connectivity index (χ2n) is 17.8. The van der Waals surface area contributed by atoms with Crippen molar-refractivity contribution in [2.75, 3.05) is 0 Å². The highest BCUT2D eigenvalue weighted by atomic mass is 16.6. The lowest BCUT2D eigenvalue weighted by atomic mass is 10.1. The normalized spacial score (nSPS) is 11.1. The van der Waals surface area contributed by atoms with E-state index in [0.29, 0.717) is 45.0 Å². The minimum atomic E-state index is -0.824. The first-order valence-electron chi connectivity index (χ1n) is 25.2. The van der Waals surface area contributed by atoms with Gasteiger partial charge in [-0.1, -0.05) is 146 Å². The highest BCUT2D eigenvalue weighted by Crippen LogP contribution is 2.23. The summed E-state index contributed by atoms with van der Waals surface area (Å²) >= 11 is 0. The van der Waals surface area contributed by atoms with E-state index in [4.69, 9.17) is 28.9 Å². The summed E-state index contributed by atoms with van der Waals surface area (Å²) in [5, 5.41) is 0. The van der Waals surface area contributed by atoms with E-state index in [-0.39, 0.29) is 44.5 Å². The molecule has 0 amide bonds. The van der Waals surface area contributed by atoms with Gasteiger partial charge in [-0.25, -0.2) is 48.3 Å². The maximum atomic E-state index is 12.9. The van der Waals surface area contributed by atoms with Crippen LogP contribution in [0.5, 0.6) is 0 Å². The minimum Gasteiger partial charge on any atom is -0.386 e. The second kappa shape index (κ2) is 26.6. The largest absolute Gasteiger partial charge is 0.386 e. The number of nitrogens with zero attached hydrogens (tertiary/aromatic N) is 2. The van der Waals surface area contributed by atoms with Crippen LogP contribution in [-0.4, -0.2) is 57.7 Å². The van der Waals surface area contributed by atoms with E-state index in [1.807, 2.05) is 0 Å². The fourth-order valence-corrected chi connectivity index (χ4v) is 7.71. The smallest absolute Gasteiger partial charge is 0.346 e. The van der Waals surface area contributed by atoms with Gasteiger partial charge in [-0.05, 0) is 144 Å². The first kappa shape index (κ1) is 55.1. The van der Waals surface area contributed by atoms with Gasteiger partial charge in [-0.2, -0.15) is 0 Å². The van der Waals surface area contributed by atoms with Crippen molar-refractivity contribution in [2.24, 2.45) is 0 Å². The van der Waals surface area contributed by atoms with Crippen LogP contribution in [0.3, 0.4) is 0 Å². The predicted octanol–water partition coefficient (Wildman–Crippen LogP) is 13.1. The molecule has 0 saturated heterocycles. The quantitative estimate of drug-likeness (QED) is 0.0503. The van der Waals surface area contributed by atoms with Gasteiger partial charge in [0.25, 0.3) is 0 Å². The van der Waals surface area contributed by atoms with Crippen LogP contribution < -0.4 is 0 Å². The third-order valence-corrected chi connectivity index (χ3v) is 12.1. The van der Waals surface area contributed by atoms with Crippen LogP contribution in [0, 0.1) is 0 Å². The van der Waals surface area contributed by atoms with Gasteiger partial charge in [0.1, 0.15) is 0 Å². The molecule has 398 valence electrons. The summed E-state index contributed by atoms with van der Waals surface area (Å²) in [5.41, 5.74) is 5.66. The molecule has 9 rings (SSSR count). The van der Waals surface area contributed by atoms with E-state index in [1.165, 1.54) is 48.5 Å². The first-order valence-corrected chi connectivity index (χ1v) is 25.2. The molecule has 0 atom stereocenters. The lowest BCUT2D eigenvalue weighted by molar-refractivity contribution is 0.0380. The molecular weight excluding hydrogens is 1040 g/mol. The van der Waals surface area contributed by atoms with Gasteiger partial charge in [0, 0.05) is 0 Å². The Morgan fingerprint density at radius 2 is 0.366 bits per heavy atom. The molecule has 14 heteroatoms. The maximum Gasteiger partial charge on any atom is 0.346 e. The molecule has 14 nitrogen and oxygen atoms in total. The molecule has 1 aromatic heterocycles. The van der Waals surface area contributed by atoms with Gasteiger partial charge in [0.15, 0.2) is 0 Å². The topological polar surface area (TPSA) is 199 Å². The van der Waals surface area contributed by atoms with Gasteiger partial charge >= 0.3 is 47.8 Å². The van der Waals surface area contributed by atoms with E-state index in [9.17, 15) is 38.4 Å². The number of ether oxygens (including phenoxy) is 4. The lowest BCUT2D eigenvalue weighted by Gasteiger charge is -2.08. The average Bonchev–Trinajstić information content (AvgIpc) is 3.53. The van der Waals surface area contributed by atoms with Gasteiger partial charge in [-0.15, -0.1) is 0 Å². The molecule has 9 aromatic rings. The van der Waals surface area contributed by atoms with E-state index in [0.717, 1.165) is 0 Å². The van der Waals surface area contributed by atoms with Crippen molar-refractivity contribution in [3.05, 3.63) is 308 Å². The number of hydrogen-bond donors (Lipinski definition) is 0. The van der Waals surface area contributed by atoms with Crippen molar-refractivity contribution in [3.8, 4) is 0 Å². The number of esters is 8. The Labute approximate surface area is 469 Å². The molecule has 0 aliphatic heterocycles. The average molecular weight is 1080 g/mol. The molecule has 0 saturated carbocycles. The van der Waals surface area contributed by atoms with E-state index >= 15 is 0 Å². The van der Waals surface area contributed by atoms with Crippen molar-refractivity contribution in [1.29, 1.82) is 0 Å². The van der Waals surface area contributed by atoms with E-state index in [2.05, 4.69) is 0 Å². The van der Waals surface area contributed by atoms with Gasteiger partial charge in [0.2, 0.25) is 0 Å². The molecule has 0 radical (unpaired) electrons. The Morgan fingerprint density at radius 1 is 0.207 bits per heavy atom. The summed E-state index contributed by atoms with van der Waals surface area (Å²) in [4.78, 5) is 112. The van der Waals surface area contributed by atoms with Crippen molar-refractivity contribution in [2.45, 2.75) is 0 Å². The maximum absolute atomic E-state index is 12.9. The number of benzene rings is 8. The number of hydrogen-bond acceptors (Lipinski definition) is 14. The summed E-state index contributed by atoms with van der Waals surface area (Å²) in [5.74, 6) is -6.43. The third-order valence-electron chi connectivity index (χ3n) is 12.1. The fourth-order valence-electron chi connectivity index (χ4n) is 7.71. The third kappa shape index (κ3) is 14.9. The fraction of sp³-hybridized carbons (Fsp3) is 0. The van der Waals surface area contributed by atoms with Crippen LogP contribution in [0.15, 0.2) is 218 Å². The molecule has 1 heterocycles. The lowest BCUT2D eigenvalue weighted by Crippen LogP contribution is -2.12. The van der Waals surface area contributed by atoms with Crippen molar-refractivity contribution in [1.82, 2.24) is 9.97 Å². The zero-order valence-corrected chi connectivity index (χ0v) is 43.2. The molecule has 0 aliphatic rings. The highest BCUT2D eigenvalue weighted by molar-refractivity contribution is 6.05. The van der Waals surface area contributed by atoms with Gasteiger partial charge < -0.3 is 18.9 Å². The summed E-state index contributed by atoms with van der Waals surface area (Å²) in [6.07, 6.45) is 13.9. The standard InChI is InChI=1S/C68H44N2O12/c71-61(49-13-5-1-6-14-49)79-65(75)53-33-21-45(22-34-53)29-41-57-58(42-30-46-23-35-54(36-24-46)66(76)80-62(72)50-15-7-2-8-16-50)70-60(44-32-48-27-39-56(40-28-48)68(78)82-64(74)52-19-11-4-12-20-52)59(69-57)43-31-47-25-37-55(38-26-47)67(77)81-63(73)51-17-9-3-10-18-51/h1-44H/b41-29+,42-30+,43-31+,44-32+. The van der Waals surface area contributed by atoms with Crippen LogP contribution in [0.25, 0.3) is 48.6 Å². The monoisotopic (exact) mass is 1080 g/mol. The van der Waals surface area contributed by atoms with Crippen LogP contribution in [0.2, 0.25) is 0 Å². The van der Waals surface area contributed by atoms with Crippen LogP contribution in [-0.2, 0) is 18.9 Å². The Bertz CT molecular complexity index is 3430. The number of carbonyl (C=O) groups is 8. The van der Waals surface area contributed by atoms with Crippen molar-refractivity contribution in [3.63, 3.8) is 0 Å². The SMILES string of the molecule is O=C(OC(=O)c1ccc(/C=C/c2nc(/C=C/c3ccc(C(=O)OC(=O)c4ccccc4)cc3)c(/C=C/c3ccc(C(=O)OC(=O)c4ccccc4)cc3)nc2/C=C/c2ccc(C(=O)OC(=O)c3ccccc3)cc2)cc1)c1ccccc1. The molecule has 0 bridgehead atoms. The first-order chi connectivity index (χ1) is 39.9. The van der Waals surface area contributed by atoms with Crippen LogP contribution in [0.4, 0.5) is 0 Å². The Morgan fingerprint density at radius 3 is 0.537 bits per heavy atom. The second-order valence-corrected chi connectivity index (χ2v) is 17.8. The van der Waals surface area contributed by atoms with Crippen LogP contribution >= 0.6 is 0 Å². The summed E-state index contributed by atoms with van der Waals surface area (Å²) in [7, 11) is 0. The molecular formula is C68H44N2O12. The molecule has 8 aromatic carbocycles. The van der Waals surface area contributed by atoms with Crippen molar-refractivity contribution < 1.29 is 57.3 Å². The zero-order chi connectivity index (χ0) is 57.2. The number of carbonyl (C=O) groups excluding carboxylic acids is 8. The Kier molecular flexibility index (Phi) is 17.9. The summed E-state index contributed by atoms with van der Waals surface area (Å²) < 4.78 is 20.4. The Balaban J connectivity index is 1.03. The molecule has 0 fully saturated rings. The van der Waals surface area contributed by atoms with E-state index < -0.39 is 47.8 Å². The van der Waals surface area contributed by atoms with E-state index in [1.54, 1.807) is 218 Å². The minimum absolute atomic E-state index is 0.147. The zero-order valence-electron chi connectivity index (χ0n) is 43.2. The van der Waals surface area contributed by atoms with Gasteiger partial charge in [0.05, 0.1) is 67.3 Å². The molecule has 82 heavy (non-hydrogen) atoms. The number of aromatic nitrogens is 2. The van der Waals surface area contributed by atoms with Crippen LogP contribution in [0.1, 0.15) is 128 Å². The molecule has 0 aliphatic carbocycles. The highest BCUT2D eigenvalue weighted by Gasteiger charge is 2.19. The van der Waals surface area contributed by atoms with Crippen molar-refractivity contribution >= 4 is 96.4 Å². The molecule has 0 unspecified atom stereocenters. The molecule has 0 N–H and O–H groups in total. The van der Waals surface area contributed by atoms with Gasteiger partial charge in [-0.3, -0.25) is 0 Å².